The largest absolute Gasteiger partial charge is 0.481 e. The lowest BCUT2D eigenvalue weighted by Gasteiger charge is -2.29. The van der Waals surface area contributed by atoms with Gasteiger partial charge in [0, 0.05) is 60.5 Å². The van der Waals surface area contributed by atoms with Gasteiger partial charge < -0.3 is 19.1 Å². The van der Waals surface area contributed by atoms with E-state index in [-0.39, 0.29) is 11.7 Å². The number of anilines is 1. The number of benzene rings is 1. The van der Waals surface area contributed by atoms with Crippen molar-refractivity contribution in [3.05, 3.63) is 71.9 Å². The molecule has 2 atom stereocenters. The number of alkyl halides is 2. The SMILES string of the molecule is Cc1nc2ccc(-c3cnc(N4CCC5(C(=O)O)CC5C4)nc3)cn2c1Cc1ccccc1OC(F)F. The number of carboxylic acids is 1. The Morgan fingerprint density at radius 3 is 2.70 bits per heavy atom. The Morgan fingerprint density at radius 1 is 1.19 bits per heavy atom. The molecule has 4 aromatic rings. The van der Waals surface area contributed by atoms with Gasteiger partial charge in [0.1, 0.15) is 11.4 Å². The van der Waals surface area contributed by atoms with Crippen molar-refractivity contribution in [2.24, 2.45) is 11.3 Å². The van der Waals surface area contributed by atoms with Crippen molar-refractivity contribution in [3.8, 4) is 16.9 Å². The van der Waals surface area contributed by atoms with E-state index in [0.29, 0.717) is 37.4 Å². The van der Waals surface area contributed by atoms with Gasteiger partial charge in [-0.1, -0.05) is 18.2 Å². The van der Waals surface area contributed by atoms with Gasteiger partial charge in [0.05, 0.1) is 11.1 Å². The summed E-state index contributed by atoms with van der Waals surface area (Å²) in [6.45, 7) is 0.288. The minimum Gasteiger partial charge on any atom is -0.481 e. The second-order valence-corrected chi connectivity index (χ2v) is 9.78. The first-order valence-corrected chi connectivity index (χ1v) is 12.1. The number of aromatic nitrogens is 4. The van der Waals surface area contributed by atoms with E-state index in [4.69, 9.17) is 4.74 Å². The number of hydrogen-bond acceptors (Lipinski definition) is 6. The second kappa shape index (κ2) is 8.79. The molecule has 2 fully saturated rings. The Hall–Kier alpha value is -4.08. The first-order valence-electron chi connectivity index (χ1n) is 12.1. The second-order valence-electron chi connectivity index (χ2n) is 9.78. The Kier molecular flexibility index (Phi) is 5.54. The molecule has 1 N–H and O–H groups in total. The number of imidazole rings is 1. The van der Waals surface area contributed by atoms with E-state index in [2.05, 4.69) is 19.9 Å². The van der Waals surface area contributed by atoms with Crippen LogP contribution in [0.25, 0.3) is 16.8 Å². The highest BCUT2D eigenvalue weighted by atomic mass is 19.3. The van der Waals surface area contributed by atoms with Crippen molar-refractivity contribution in [3.63, 3.8) is 0 Å². The molecule has 1 saturated carbocycles. The van der Waals surface area contributed by atoms with E-state index in [9.17, 15) is 18.7 Å². The molecule has 1 aromatic carbocycles. The first-order chi connectivity index (χ1) is 17.8. The summed E-state index contributed by atoms with van der Waals surface area (Å²) in [6, 6.07) is 10.6. The topological polar surface area (TPSA) is 92.9 Å². The summed E-state index contributed by atoms with van der Waals surface area (Å²) >= 11 is 0. The maximum atomic E-state index is 12.9. The molecule has 37 heavy (non-hydrogen) atoms. The number of nitrogens with zero attached hydrogens (tertiary/aromatic N) is 5. The van der Waals surface area contributed by atoms with Crippen molar-refractivity contribution in [2.45, 2.75) is 32.8 Å². The Labute approximate surface area is 211 Å². The third-order valence-corrected chi connectivity index (χ3v) is 7.65. The van der Waals surface area contributed by atoms with E-state index in [1.165, 1.54) is 6.07 Å². The van der Waals surface area contributed by atoms with Crippen molar-refractivity contribution in [1.82, 2.24) is 19.4 Å². The minimum atomic E-state index is -2.90. The number of hydrogen-bond donors (Lipinski definition) is 1. The van der Waals surface area contributed by atoms with Crippen LogP contribution in [-0.4, -0.2) is 50.1 Å². The molecule has 3 aromatic heterocycles. The lowest BCUT2D eigenvalue weighted by Crippen LogP contribution is -2.38. The summed E-state index contributed by atoms with van der Waals surface area (Å²) in [6.07, 6.45) is 7.20. The highest BCUT2D eigenvalue weighted by Crippen LogP contribution is 2.58. The summed E-state index contributed by atoms with van der Waals surface area (Å²) in [5.74, 6) is 0.216. The maximum Gasteiger partial charge on any atom is 0.387 e. The number of pyridine rings is 1. The van der Waals surface area contributed by atoms with Crippen molar-refractivity contribution in [2.75, 3.05) is 18.0 Å². The van der Waals surface area contributed by atoms with Crippen LogP contribution in [0.3, 0.4) is 0 Å². The van der Waals surface area contributed by atoms with E-state index in [1.54, 1.807) is 30.6 Å². The predicted molar refractivity (Wildman–Crippen MR) is 132 cm³/mol. The molecule has 0 spiro atoms. The lowest BCUT2D eigenvalue weighted by atomic mass is 9.96. The third kappa shape index (κ3) is 4.16. The normalized spacial score (nSPS) is 20.8. The number of carbonyl (C=O) groups is 1. The van der Waals surface area contributed by atoms with Crippen LogP contribution in [0.2, 0.25) is 0 Å². The summed E-state index contributed by atoms with van der Waals surface area (Å²) in [7, 11) is 0. The minimum absolute atomic E-state index is 0.150. The van der Waals surface area contributed by atoms with Crippen molar-refractivity contribution >= 4 is 17.6 Å². The molecule has 190 valence electrons. The maximum absolute atomic E-state index is 12.9. The molecule has 6 rings (SSSR count). The predicted octanol–water partition coefficient (Wildman–Crippen LogP) is 4.59. The average Bonchev–Trinajstić information content (AvgIpc) is 3.56. The fourth-order valence-corrected chi connectivity index (χ4v) is 5.44. The molecule has 2 aliphatic rings. The number of fused-ring (bicyclic) bond motifs is 2. The first kappa shape index (κ1) is 23.3. The van der Waals surface area contributed by atoms with Crippen LogP contribution in [0.1, 0.15) is 29.8 Å². The Bertz CT molecular complexity index is 1490. The van der Waals surface area contributed by atoms with Gasteiger partial charge in [0.25, 0.3) is 0 Å². The number of carboxylic acid groups (broad SMARTS) is 1. The molecular formula is C27H25F2N5O3. The molecule has 2 unspecified atom stereocenters. The highest BCUT2D eigenvalue weighted by molar-refractivity contribution is 5.79. The van der Waals surface area contributed by atoms with E-state index in [1.807, 2.05) is 29.7 Å². The molecule has 1 aliphatic carbocycles. The Morgan fingerprint density at radius 2 is 1.97 bits per heavy atom. The van der Waals surface area contributed by atoms with E-state index < -0.39 is 18.0 Å². The fourth-order valence-electron chi connectivity index (χ4n) is 5.44. The number of aliphatic carboxylic acids is 1. The number of ether oxygens (including phenoxy) is 1. The number of rotatable bonds is 7. The van der Waals surface area contributed by atoms with Gasteiger partial charge in [-0.15, -0.1) is 0 Å². The molecule has 1 saturated heterocycles. The Balaban J connectivity index is 1.25. The highest BCUT2D eigenvalue weighted by Gasteiger charge is 2.62. The van der Waals surface area contributed by atoms with Crippen molar-refractivity contribution in [1.29, 1.82) is 0 Å². The van der Waals surface area contributed by atoms with Crippen LogP contribution in [-0.2, 0) is 11.2 Å². The molecule has 0 radical (unpaired) electrons. The number of aryl methyl sites for hydroxylation is 1. The van der Waals surface area contributed by atoms with E-state index >= 15 is 0 Å². The van der Waals surface area contributed by atoms with Crippen LogP contribution in [0.15, 0.2) is 55.0 Å². The number of halogens is 2. The molecule has 0 amide bonds. The standard InChI is InChI=1S/C27H25F2N5O3/c1-16-21(10-17-4-2-3-5-22(17)37-25(28)29)34-14-18(6-7-23(34)32-16)19-12-30-26(31-13-19)33-9-8-27(24(35)36)11-20(27)15-33/h2-7,12-14,20,25H,8-11,15H2,1H3,(H,35,36). The molecular weight excluding hydrogens is 480 g/mol. The lowest BCUT2D eigenvalue weighted by molar-refractivity contribution is -0.144. The number of para-hydroxylation sites is 1. The quantitative estimate of drug-likeness (QED) is 0.393. The van der Waals surface area contributed by atoms with Gasteiger partial charge in [0.2, 0.25) is 5.95 Å². The zero-order valence-electron chi connectivity index (χ0n) is 20.1. The van der Waals surface area contributed by atoms with Gasteiger partial charge in [-0.25, -0.2) is 15.0 Å². The third-order valence-electron chi connectivity index (χ3n) is 7.65. The molecule has 8 nitrogen and oxygen atoms in total. The molecule has 1 aliphatic heterocycles. The van der Waals surface area contributed by atoms with E-state index in [0.717, 1.165) is 34.6 Å². The summed E-state index contributed by atoms with van der Waals surface area (Å²) < 4.78 is 32.5. The summed E-state index contributed by atoms with van der Waals surface area (Å²) in [5, 5.41) is 9.49. The van der Waals surface area contributed by atoms with Gasteiger partial charge in [-0.3, -0.25) is 4.79 Å². The zero-order chi connectivity index (χ0) is 25.7. The van der Waals surface area contributed by atoms with Gasteiger partial charge in [0.15, 0.2) is 0 Å². The van der Waals surface area contributed by atoms with Crippen LogP contribution in [0.5, 0.6) is 5.75 Å². The van der Waals surface area contributed by atoms with Crippen molar-refractivity contribution < 1.29 is 23.4 Å². The van der Waals surface area contributed by atoms with Gasteiger partial charge in [-0.05, 0) is 43.9 Å². The van der Waals surface area contributed by atoms with Gasteiger partial charge >= 0.3 is 12.6 Å². The van der Waals surface area contributed by atoms with Gasteiger partial charge in [-0.2, -0.15) is 8.78 Å². The van der Waals surface area contributed by atoms with Crippen LogP contribution >= 0.6 is 0 Å². The average molecular weight is 506 g/mol. The number of piperidine rings is 1. The summed E-state index contributed by atoms with van der Waals surface area (Å²) in [4.78, 5) is 27.4. The van der Waals surface area contributed by atoms with Crippen LogP contribution < -0.4 is 9.64 Å². The molecule has 0 bridgehead atoms. The monoisotopic (exact) mass is 505 g/mol. The molecule has 4 heterocycles. The van der Waals surface area contributed by atoms with Crippen LogP contribution in [0, 0.1) is 18.3 Å². The smallest absolute Gasteiger partial charge is 0.387 e. The molecule has 10 heteroatoms. The fraction of sp³-hybridized carbons (Fsp3) is 0.333. The van der Waals surface area contributed by atoms with Crippen LogP contribution in [0.4, 0.5) is 14.7 Å². The zero-order valence-corrected chi connectivity index (χ0v) is 20.1. The summed E-state index contributed by atoms with van der Waals surface area (Å²) in [5.41, 5.74) is 4.25.